The number of hydrogen-bond acceptors (Lipinski definition) is 1. The third-order valence-electron chi connectivity index (χ3n) is 1.52. The van der Waals surface area contributed by atoms with Crippen LogP contribution in [0.1, 0.15) is 12.5 Å². The fraction of sp³-hybridized carbons (Fsp3) is 0.250. The maximum absolute atomic E-state index is 9.36. The summed E-state index contributed by atoms with van der Waals surface area (Å²) < 4.78 is 1.92. The summed E-state index contributed by atoms with van der Waals surface area (Å²) in [6.07, 6.45) is 0.825. The first-order valence-corrected chi connectivity index (χ1v) is 4.91. The third-order valence-corrected chi connectivity index (χ3v) is 3.62. The molecule has 1 rings (SSSR count). The van der Waals surface area contributed by atoms with Gasteiger partial charge in [0.25, 0.3) is 0 Å². The van der Waals surface area contributed by atoms with E-state index in [0.717, 1.165) is 20.9 Å². The molecule has 3 heteroatoms. The highest BCUT2D eigenvalue weighted by Crippen LogP contribution is 2.32. The predicted octanol–water partition coefficient (Wildman–Crippen LogP) is 3.48. The van der Waals surface area contributed by atoms with Crippen LogP contribution in [0.2, 0.25) is 0 Å². The Kier molecular flexibility index (Phi) is 2.96. The SMILES string of the molecule is CCc1c(O)ccc(Br)c1Br. The Morgan fingerprint density at radius 3 is 2.45 bits per heavy atom. The van der Waals surface area contributed by atoms with Crippen LogP contribution in [0.15, 0.2) is 21.1 Å². The van der Waals surface area contributed by atoms with Crippen molar-refractivity contribution in [3.05, 3.63) is 26.6 Å². The molecule has 0 aliphatic heterocycles. The molecular weight excluding hydrogens is 272 g/mol. The summed E-state index contributed by atoms with van der Waals surface area (Å²) in [6.45, 7) is 2.01. The van der Waals surface area contributed by atoms with Crippen LogP contribution in [0.5, 0.6) is 5.75 Å². The van der Waals surface area contributed by atoms with E-state index < -0.39 is 0 Å². The fourth-order valence-corrected chi connectivity index (χ4v) is 1.91. The van der Waals surface area contributed by atoms with Crippen molar-refractivity contribution in [1.29, 1.82) is 0 Å². The molecule has 1 nitrogen and oxygen atoms in total. The van der Waals surface area contributed by atoms with E-state index >= 15 is 0 Å². The third kappa shape index (κ3) is 1.76. The standard InChI is InChI=1S/C8H8Br2O/c1-2-5-7(11)4-3-6(9)8(5)10/h3-4,11H,2H2,1H3. The monoisotopic (exact) mass is 278 g/mol. The number of halogens is 2. The van der Waals surface area contributed by atoms with Gasteiger partial charge in [0.2, 0.25) is 0 Å². The summed E-state index contributed by atoms with van der Waals surface area (Å²) in [6, 6.07) is 3.51. The molecule has 0 spiro atoms. The molecule has 0 atom stereocenters. The van der Waals surface area contributed by atoms with Crippen LogP contribution in [0.4, 0.5) is 0 Å². The fourth-order valence-electron chi connectivity index (χ4n) is 0.919. The van der Waals surface area contributed by atoms with Crippen LogP contribution in [0.25, 0.3) is 0 Å². The van der Waals surface area contributed by atoms with Crippen LogP contribution in [0.3, 0.4) is 0 Å². The van der Waals surface area contributed by atoms with Crippen molar-refractivity contribution < 1.29 is 5.11 Å². The van der Waals surface area contributed by atoms with Gasteiger partial charge in [-0.1, -0.05) is 6.92 Å². The molecule has 0 saturated heterocycles. The minimum Gasteiger partial charge on any atom is -0.508 e. The summed E-state index contributed by atoms with van der Waals surface area (Å²) in [4.78, 5) is 0. The van der Waals surface area contributed by atoms with Gasteiger partial charge >= 0.3 is 0 Å². The Bertz CT molecular complexity index is 271. The van der Waals surface area contributed by atoms with Gasteiger partial charge in [-0.15, -0.1) is 0 Å². The second-order valence-corrected chi connectivity index (χ2v) is 3.86. The van der Waals surface area contributed by atoms with Gasteiger partial charge in [0.1, 0.15) is 5.75 Å². The molecule has 0 radical (unpaired) electrons. The van der Waals surface area contributed by atoms with E-state index in [2.05, 4.69) is 31.9 Å². The summed E-state index contributed by atoms with van der Waals surface area (Å²) in [5, 5.41) is 9.36. The lowest BCUT2D eigenvalue weighted by Crippen LogP contribution is -1.84. The number of phenolic OH excluding ortho intramolecular Hbond substituents is 1. The molecule has 0 fully saturated rings. The van der Waals surface area contributed by atoms with Crippen LogP contribution < -0.4 is 0 Å². The van der Waals surface area contributed by atoms with Crippen molar-refractivity contribution in [2.75, 3.05) is 0 Å². The van der Waals surface area contributed by atoms with E-state index in [0.29, 0.717) is 5.75 Å². The number of phenols is 1. The van der Waals surface area contributed by atoms with Gasteiger partial charge in [0.15, 0.2) is 0 Å². The zero-order valence-corrected chi connectivity index (χ0v) is 9.24. The van der Waals surface area contributed by atoms with E-state index in [1.54, 1.807) is 6.07 Å². The molecule has 1 N–H and O–H groups in total. The molecule has 1 aromatic carbocycles. The summed E-state index contributed by atoms with van der Waals surface area (Å²) >= 11 is 6.75. The van der Waals surface area contributed by atoms with Crippen molar-refractivity contribution in [1.82, 2.24) is 0 Å². The average Bonchev–Trinajstić information content (AvgIpc) is 1.99. The summed E-state index contributed by atoms with van der Waals surface area (Å²) in [5.41, 5.74) is 0.944. The molecule has 0 aliphatic rings. The molecule has 11 heavy (non-hydrogen) atoms. The first kappa shape index (κ1) is 9.07. The summed E-state index contributed by atoms with van der Waals surface area (Å²) in [7, 11) is 0. The Hall–Kier alpha value is -0.0200. The van der Waals surface area contributed by atoms with Gasteiger partial charge in [0, 0.05) is 14.5 Å². The lowest BCUT2D eigenvalue weighted by molar-refractivity contribution is 0.468. The van der Waals surface area contributed by atoms with E-state index in [9.17, 15) is 5.11 Å². The lowest BCUT2D eigenvalue weighted by atomic mass is 10.1. The minimum atomic E-state index is 0.350. The molecule has 60 valence electrons. The van der Waals surface area contributed by atoms with Crippen molar-refractivity contribution in [2.24, 2.45) is 0 Å². The predicted molar refractivity (Wildman–Crippen MR) is 52.9 cm³/mol. The van der Waals surface area contributed by atoms with Crippen LogP contribution >= 0.6 is 31.9 Å². The first-order chi connectivity index (χ1) is 5.16. The topological polar surface area (TPSA) is 20.2 Å². The molecule has 0 bridgehead atoms. The van der Waals surface area contributed by atoms with Gasteiger partial charge < -0.3 is 5.11 Å². The smallest absolute Gasteiger partial charge is 0.119 e. The number of benzene rings is 1. The maximum atomic E-state index is 9.36. The highest BCUT2D eigenvalue weighted by Gasteiger charge is 2.06. The largest absolute Gasteiger partial charge is 0.508 e. The average molecular weight is 280 g/mol. The molecule has 0 unspecified atom stereocenters. The molecule has 0 aromatic heterocycles. The quantitative estimate of drug-likeness (QED) is 0.835. The molecular formula is C8H8Br2O. The van der Waals surface area contributed by atoms with E-state index in [1.807, 2.05) is 13.0 Å². The van der Waals surface area contributed by atoms with Crippen LogP contribution in [0, 0.1) is 0 Å². The number of rotatable bonds is 1. The highest BCUT2D eigenvalue weighted by molar-refractivity contribution is 9.13. The van der Waals surface area contributed by atoms with E-state index in [4.69, 9.17) is 0 Å². The molecule has 0 saturated carbocycles. The van der Waals surface area contributed by atoms with Crippen molar-refractivity contribution in [3.8, 4) is 5.75 Å². The maximum Gasteiger partial charge on any atom is 0.119 e. The van der Waals surface area contributed by atoms with Gasteiger partial charge in [-0.25, -0.2) is 0 Å². The van der Waals surface area contributed by atoms with Crippen LogP contribution in [-0.2, 0) is 6.42 Å². The van der Waals surface area contributed by atoms with Crippen molar-refractivity contribution in [3.63, 3.8) is 0 Å². The molecule has 0 amide bonds. The zero-order valence-electron chi connectivity index (χ0n) is 6.06. The zero-order chi connectivity index (χ0) is 8.43. The Morgan fingerprint density at radius 1 is 1.36 bits per heavy atom. The Balaban J connectivity index is 3.29. The second kappa shape index (κ2) is 3.59. The van der Waals surface area contributed by atoms with E-state index in [-0.39, 0.29) is 0 Å². The molecule has 0 aliphatic carbocycles. The molecule has 1 aromatic rings. The van der Waals surface area contributed by atoms with Gasteiger partial charge in [-0.2, -0.15) is 0 Å². The Morgan fingerprint density at radius 2 is 2.00 bits per heavy atom. The van der Waals surface area contributed by atoms with E-state index in [1.165, 1.54) is 0 Å². The van der Waals surface area contributed by atoms with Crippen molar-refractivity contribution >= 4 is 31.9 Å². The molecule has 0 heterocycles. The normalized spacial score (nSPS) is 10.1. The number of aromatic hydroxyl groups is 1. The van der Waals surface area contributed by atoms with Gasteiger partial charge in [0.05, 0.1) is 0 Å². The minimum absolute atomic E-state index is 0.350. The van der Waals surface area contributed by atoms with Crippen LogP contribution in [-0.4, -0.2) is 5.11 Å². The summed E-state index contributed by atoms with van der Waals surface area (Å²) in [5.74, 6) is 0.350. The van der Waals surface area contributed by atoms with Gasteiger partial charge in [-0.05, 0) is 50.4 Å². The second-order valence-electron chi connectivity index (χ2n) is 2.21. The van der Waals surface area contributed by atoms with Crippen molar-refractivity contribution in [2.45, 2.75) is 13.3 Å². The lowest BCUT2D eigenvalue weighted by Gasteiger charge is -2.05. The highest BCUT2D eigenvalue weighted by atomic mass is 79.9. The Labute approximate surface area is 82.7 Å². The van der Waals surface area contributed by atoms with Gasteiger partial charge in [-0.3, -0.25) is 0 Å². The number of hydrogen-bond donors (Lipinski definition) is 1. The first-order valence-electron chi connectivity index (χ1n) is 3.32.